The highest BCUT2D eigenvalue weighted by Crippen LogP contribution is 2.29. The van der Waals surface area contributed by atoms with E-state index in [0.29, 0.717) is 23.6 Å². The molecule has 0 unspecified atom stereocenters. The smallest absolute Gasteiger partial charge is 0.161 e. The second-order valence-electron chi connectivity index (χ2n) is 4.63. The third-order valence-corrected chi connectivity index (χ3v) is 3.16. The minimum Gasteiger partial charge on any atom is -0.497 e. The molecule has 0 bridgehead atoms. The van der Waals surface area contributed by atoms with Gasteiger partial charge in [-0.05, 0) is 36.2 Å². The molecule has 0 atom stereocenters. The van der Waals surface area contributed by atoms with Crippen LogP contribution < -0.4 is 14.8 Å². The Kier molecular flexibility index (Phi) is 4.62. The van der Waals surface area contributed by atoms with Crippen molar-refractivity contribution in [2.75, 3.05) is 19.5 Å². The fourth-order valence-corrected chi connectivity index (χ4v) is 2.05. The lowest BCUT2D eigenvalue weighted by molar-refractivity contribution is 0.404. The molecule has 2 aromatic carbocycles. The van der Waals surface area contributed by atoms with Gasteiger partial charge in [-0.25, -0.2) is 8.78 Å². The Bertz CT molecular complexity index is 621. The van der Waals surface area contributed by atoms with Crippen LogP contribution in [0.5, 0.6) is 11.5 Å². The molecule has 1 N–H and O–H groups in total. The molecule has 0 amide bonds. The molecular formula is C16H17F2NO2. The van der Waals surface area contributed by atoms with Crippen LogP contribution in [-0.4, -0.2) is 14.2 Å². The third-order valence-electron chi connectivity index (χ3n) is 3.16. The van der Waals surface area contributed by atoms with E-state index in [1.807, 2.05) is 0 Å². The number of ether oxygens (including phenoxy) is 2. The van der Waals surface area contributed by atoms with Crippen LogP contribution >= 0.6 is 0 Å². The minimum atomic E-state index is -0.843. The first kappa shape index (κ1) is 15.1. The van der Waals surface area contributed by atoms with E-state index in [9.17, 15) is 8.78 Å². The molecular weight excluding hydrogens is 276 g/mol. The number of nitrogens with one attached hydrogen (secondary N) is 1. The quantitative estimate of drug-likeness (QED) is 0.907. The molecule has 0 aliphatic rings. The van der Waals surface area contributed by atoms with Gasteiger partial charge in [0.1, 0.15) is 11.5 Å². The number of aryl methyl sites for hydroxylation is 1. The molecule has 0 aliphatic carbocycles. The summed E-state index contributed by atoms with van der Waals surface area (Å²) in [5.41, 5.74) is 1.65. The summed E-state index contributed by atoms with van der Waals surface area (Å²) in [5, 5.41) is 3.13. The van der Waals surface area contributed by atoms with Crippen LogP contribution in [0.15, 0.2) is 30.3 Å². The zero-order valence-electron chi connectivity index (χ0n) is 12.2. The molecule has 0 saturated heterocycles. The third kappa shape index (κ3) is 3.42. The fraction of sp³-hybridized carbons (Fsp3) is 0.250. The topological polar surface area (TPSA) is 30.5 Å². The van der Waals surface area contributed by atoms with E-state index in [1.165, 1.54) is 13.0 Å². The molecule has 21 heavy (non-hydrogen) atoms. The van der Waals surface area contributed by atoms with Crippen molar-refractivity contribution in [1.29, 1.82) is 0 Å². The van der Waals surface area contributed by atoms with E-state index >= 15 is 0 Å². The van der Waals surface area contributed by atoms with Crippen molar-refractivity contribution in [2.45, 2.75) is 13.5 Å². The average molecular weight is 293 g/mol. The van der Waals surface area contributed by atoms with E-state index in [1.54, 1.807) is 38.5 Å². The van der Waals surface area contributed by atoms with E-state index in [-0.39, 0.29) is 5.56 Å². The lowest BCUT2D eigenvalue weighted by Crippen LogP contribution is -2.03. The predicted molar refractivity (Wildman–Crippen MR) is 78.0 cm³/mol. The monoisotopic (exact) mass is 293 g/mol. The fourth-order valence-electron chi connectivity index (χ4n) is 2.05. The minimum absolute atomic E-state index is 0.282. The van der Waals surface area contributed by atoms with Gasteiger partial charge in [0.2, 0.25) is 0 Å². The highest BCUT2D eigenvalue weighted by Gasteiger charge is 2.09. The van der Waals surface area contributed by atoms with E-state index in [2.05, 4.69) is 5.32 Å². The second-order valence-corrected chi connectivity index (χ2v) is 4.63. The number of methoxy groups -OCH3 is 2. The van der Waals surface area contributed by atoms with Crippen LogP contribution in [0.3, 0.4) is 0 Å². The summed E-state index contributed by atoms with van der Waals surface area (Å²) in [4.78, 5) is 0. The first-order valence-corrected chi connectivity index (χ1v) is 6.45. The summed E-state index contributed by atoms with van der Waals surface area (Å²) in [6, 6.07) is 8.13. The van der Waals surface area contributed by atoms with Gasteiger partial charge in [0, 0.05) is 12.6 Å². The van der Waals surface area contributed by atoms with Crippen molar-refractivity contribution in [3.05, 3.63) is 53.1 Å². The van der Waals surface area contributed by atoms with Gasteiger partial charge in [-0.2, -0.15) is 0 Å². The van der Waals surface area contributed by atoms with Crippen molar-refractivity contribution >= 4 is 5.69 Å². The molecule has 2 aromatic rings. The van der Waals surface area contributed by atoms with Gasteiger partial charge in [-0.15, -0.1) is 0 Å². The Morgan fingerprint density at radius 3 is 2.43 bits per heavy atom. The van der Waals surface area contributed by atoms with Gasteiger partial charge in [-0.3, -0.25) is 0 Å². The van der Waals surface area contributed by atoms with Crippen molar-refractivity contribution < 1.29 is 18.3 Å². The maximum Gasteiger partial charge on any atom is 0.161 e. The van der Waals surface area contributed by atoms with Crippen molar-refractivity contribution in [3.63, 3.8) is 0 Å². The van der Waals surface area contributed by atoms with Crippen LogP contribution in [0.1, 0.15) is 11.1 Å². The highest BCUT2D eigenvalue weighted by molar-refractivity contribution is 5.60. The molecule has 3 nitrogen and oxygen atoms in total. The summed E-state index contributed by atoms with van der Waals surface area (Å²) in [6.07, 6.45) is 0. The van der Waals surface area contributed by atoms with Gasteiger partial charge >= 0.3 is 0 Å². The molecule has 0 fully saturated rings. The standard InChI is InChI=1S/C16H17F2NO2/c1-10-6-11(7-13(17)16(10)18)9-19-14-8-12(20-2)4-5-15(14)21-3/h4-8,19H,9H2,1-3H3. The highest BCUT2D eigenvalue weighted by atomic mass is 19.2. The van der Waals surface area contributed by atoms with Gasteiger partial charge in [0.15, 0.2) is 11.6 Å². The maximum atomic E-state index is 13.4. The molecule has 0 radical (unpaired) electrons. The Balaban J connectivity index is 2.19. The van der Waals surface area contributed by atoms with Crippen molar-refractivity contribution in [1.82, 2.24) is 0 Å². The second kappa shape index (κ2) is 6.43. The number of hydrogen-bond acceptors (Lipinski definition) is 3. The zero-order valence-corrected chi connectivity index (χ0v) is 12.2. The van der Waals surface area contributed by atoms with E-state index in [4.69, 9.17) is 9.47 Å². The molecule has 0 heterocycles. The number of benzene rings is 2. The average Bonchev–Trinajstić information content (AvgIpc) is 2.50. The first-order chi connectivity index (χ1) is 10.0. The van der Waals surface area contributed by atoms with Crippen LogP contribution in [0, 0.1) is 18.6 Å². The van der Waals surface area contributed by atoms with Gasteiger partial charge in [0.05, 0.1) is 19.9 Å². The van der Waals surface area contributed by atoms with Gasteiger partial charge in [-0.1, -0.05) is 6.07 Å². The predicted octanol–water partition coefficient (Wildman–Crippen LogP) is 3.90. The molecule has 5 heteroatoms. The van der Waals surface area contributed by atoms with Crippen LogP contribution in [0.2, 0.25) is 0 Å². The molecule has 0 spiro atoms. The summed E-state index contributed by atoms with van der Waals surface area (Å²) in [6.45, 7) is 1.88. The summed E-state index contributed by atoms with van der Waals surface area (Å²) >= 11 is 0. The van der Waals surface area contributed by atoms with Gasteiger partial charge < -0.3 is 14.8 Å². The summed E-state index contributed by atoms with van der Waals surface area (Å²) in [5.74, 6) is -0.322. The molecule has 0 saturated carbocycles. The van der Waals surface area contributed by atoms with Crippen LogP contribution in [0.4, 0.5) is 14.5 Å². The number of halogens is 2. The van der Waals surface area contributed by atoms with Crippen LogP contribution in [-0.2, 0) is 6.54 Å². The largest absolute Gasteiger partial charge is 0.497 e. The van der Waals surface area contributed by atoms with Gasteiger partial charge in [0.25, 0.3) is 0 Å². The first-order valence-electron chi connectivity index (χ1n) is 6.45. The zero-order chi connectivity index (χ0) is 15.4. The SMILES string of the molecule is COc1ccc(OC)c(NCc2cc(C)c(F)c(F)c2)c1. The van der Waals surface area contributed by atoms with Crippen molar-refractivity contribution in [3.8, 4) is 11.5 Å². The molecule has 0 aliphatic heterocycles. The lowest BCUT2D eigenvalue weighted by Gasteiger charge is -2.13. The maximum absolute atomic E-state index is 13.4. The lowest BCUT2D eigenvalue weighted by atomic mass is 10.1. The number of rotatable bonds is 5. The Hall–Kier alpha value is -2.30. The number of anilines is 1. The summed E-state index contributed by atoms with van der Waals surface area (Å²) < 4.78 is 37.0. The van der Waals surface area contributed by atoms with E-state index in [0.717, 1.165) is 5.69 Å². The molecule has 0 aromatic heterocycles. The summed E-state index contributed by atoms with van der Waals surface area (Å²) in [7, 11) is 3.14. The Labute approximate surface area is 122 Å². The van der Waals surface area contributed by atoms with Crippen molar-refractivity contribution in [2.24, 2.45) is 0 Å². The van der Waals surface area contributed by atoms with Crippen LogP contribution in [0.25, 0.3) is 0 Å². The number of hydrogen-bond donors (Lipinski definition) is 1. The molecule has 112 valence electrons. The Morgan fingerprint density at radius 1 is 1.05 bits per heavy atom. The molecule has 2 rings (SSSR count). The van der Waals surface area contributed by atoms with E-state index < -0.39 is 11.6 Å². The normalized spacial score (nSPS) is 10.3. The Morgan fingerprint density at radius 2 is 1.81 bits per heavy atom.